The molecule has 388 valence electrons. The van der Waals surface area contributed by atoms with E-state index in [2.05, 4.69) is 21.3 Å². The minimum atomic E-state index is -2.01. The fourth-order valence-electron chi connectivity index (χ4n) is 7.49. The van der Waals surface area contributed by atoms with E-state index in [-0.39, 0.29) is 19.4 Å². The minimum absolute atomic E-state index is 0.0867. The first-order valence-electron chi connectivity index (χ1n) is 22.5. The number of rotatable bonds is 10. The van der Waals surface area contributed by atoms with Crippen molar-refractivity contribution in [3.8, 4) is 0 Å². The number of carbonyl (C=O) groups excluding carboxylic acids is 5. The molecule has 0 spiro atoms. The summed E-state index contributed by atoms with van der Waals surface area (Å²) in [4.78, 5) is 67.1. The quantitative estimate of drug-likeness (QED) is 0.146. The van der Waals surface area contributed by atoms with E-state index < -0.39 is 144 Å². The molecule has 5 amide bonds. The minimum Gasteiger partial charge on any atom is -0.444 e. The van der Waals surface area contributed by atoms with Gasteiger partial charge in [0.2, 0.25) is 0 Å². The summed E-state index contributed by atoms with van der Waals surface area (Å²) in [5.74, 6) is 0. The summed E-state index contributed by atoms with van der Waals surface area (Å²) in [7, 11) is 1.30. The van der Waals surface area contributed by atoms with Crippen LogP contribution in [-0.2, 0) is 42.6 Å². The number of hydrogen-bond donors (Lipinski definition) is 8. The van der Waals surface area contributed by atoms with Crippen LogP contribution in [0.3, 0.4) is 0 Å². The third-order valence-corrected chi connectivity index (χ3v) is 9.97. The third kappa shape index (κ3) is 18.1. The second-order valence-electron chi connectivity index (χ2n) is 22.4. The summed E-state index contributed by atoms with van der Waals surface area (Å²) in [5.41, 5.74) is -6.68. The molecule has 3 fully saturated rings. The summed E-state index contributed by atoms with van der Waals surface area (Å²) in [5, 5.41) is 58.6. The molecular weight excluding hydrogens is 887 g/mol. The highest BCUT2D eigenvalue weighted by Crippen LogP contribution is 2.35. The Kier molecular flexibility index (Phi) is 18.6. The zero-order valence-corrected chi connectivity index (χ0v) is 42.2. The number of aliphatic hydroxyl groups is 4. The Hall–Kier alpha value is -3.97. The van der Waals surface area contributed by atoms with Crippen molar-refractivity contribution in [1.29, 1.82) is 0 Å². The Bertz CT molecular complexity index is 1700. The lowest BCUT2D eigenvalue weighted by Gasteiger charge is -2.52. The van der Waals surface area contributed by atoms with Crippen LogP contribution in [-0.4, -0.2) is 183 Å². The zero-order valence-electron chi connectivity index (χ0n) is 42.2. The summed E-state index contributed by atoms with van der Waals surface area (Å²) >= 11 is 0. The third-order valence-electron chi connectivity index (χ3n) is 9.97. The maximum absolute atomic E-state index is 13.5. The van der Waals surface area contributed by atoms with Gasteiger partial charge in [-0.3, -0.25) is 0 Å². The molecule has 23 heteroatoms. The van der Waals surface area contributed by atoms with Crippen LogP contribution in [0.5, 0.6) is 0 Å². The molecule has 23 nitrogen and oxygen atoms in total. The number of alkyl carbamates (subject to hydrolysis) is 4. The van der Waals surface area contributed by atoms with Gasteiger partial charge in [-0.05, 0) is 124 Å². The van der Waals surface area contributed by atoms with Gasteiger partial charge in [0.05, 0.1) is 43.0 Å². The lowest BCUT2D eigenvalue weighted by atomic mass is 9.80. The Balaban J connectivity index is 2.15. The number of carbonyl (C=O) groups is 5. The number of ether oxygens (including phenoxy) is 9. The van der Waals surface area contributed by atoms with Gasteiger partial charge < -0.3 is 89.2 Å². The van der Waals surface area contributed by atoms with E-state index in [9.17, 15) is 44.4 Å². The maximum atomic E-state index is 13.5. The molecule has 8 N–H and O–H groups in total. The van der Waals surface area contributed by atoms with Crippen molar-refractivity contribution in [2.75, 3.05) is 20.2 Å². The van der Waals surface area contributed by atoms with E-state index in [0.717, 1.165) is 4.90 Å². The van der Waals surface area contributed by atoms with E-state index >= 15 is 0 Å². The van der Waals surface area contributed by atoms with Crippen LogP contribution in [0.2, 0.25) is 0 Å². The van der Waals surface area contributed by atoms with Gasteiger partial charge in [-0.15, -0.1) is 0 Å². The lowest BCUT2D eigenvalue weighted by Crippen LogP contribution is -2.75. The molecule has 3 rings (SSSR count). The molecule has 2 heterocycles. The molecule has 0 bridgehead atoms. The molecule has 0 radical (unpaired) electrons. The number of nitrogens with zero attached hydrogens (tertiary/aromatic N) is 1. The lowest BCUT2D eigenvalue weighted by molar-refractivity contribution is -0.320. The highest BCUT2D eigenvalue weighted by molar-refractivity contribution is 5.70. The molecule has 3 aliphatic rings. The summed E-state index contributed by atoms with van der Waals surface area (Å²) in [6, 6.07) is -5.82. The topological polar surface area (TPSA) is 301 Å². The van der Waals surface area contributed by atoms with Crippen LogP contribution in [0.15, 0.2) is 0 Å². The Morgan fingerprint density at radius 1 is 0.597 bits per heavy atom. The highest BCUT2D eigenvalue weighted by atomic mass is 16.7. The van der Waals surface area contributed by atoms with Crippen molar-refractivity contribution >= 4 is 30.5 Å². The second-order valence-corrected chi connectivity index (χ2v) is 22.4. The van der Waals surface area contributed by atoms with Gasteiger partial charge >= 0.3 is 30.5 Å². The van der Waals surface area contributed by atoms with E-state index in [1.807, 2.05) is 0 Å². The molecule has 13 atom stereocenters. The monoisotopic (exact) mass is 966 g/mol. The van der Waals surface area contributed by atoms with Gasteiger partial charge in [-0.2, -0.15) is 0 Å². The Morgan fingerprint density at radius 2 is 1.01 bits per heavy atom. The molecule has 1 aliphatic carbocycles. The van der Waals surface area contributed by atoms with Crippen LogP contribution >= 0.6 is 0 Å². The average molecular weight is 966 g/mol. The number of aliphatic hydroxyl groups excluding tert-OH is 3. The number of hydrogen-bond acceptors (Lipinski definition) is 18. The average Bonchev–Trinajstić information content (AvgIpc) is 3.10. The largest absolute Gasteiger partial charge is 0.444 e. The van der Waals surface area contributed by atoms with Gasteiger partial charge in [-0.1, -0.05) is 0 Å². The molecule has 2 saturated heterocycles. The fourth-order valence-corrected chi connectivity index (χ4v) is 7.49. The Labute approximate surface area is 393 Å². The molecular formula is C44H79N5O18. The van der Waals surface area contributed by atoms with E-state index in [0.29, 0.717) is 0 Å². The second kappa shape index (κ2) is 21.8. The molecule has 67 heavy (non-hydrogen) atoms. The predicted molar refractivity (Wildman–Crippen MR) is 238 cm³/mol. The highest BCUT2D eigenvalue weighted by Gasteiger charge is 2.58. The van der Waals surface area contributed by atoms with Crippen molar-refractivity contribution in [2.24, 2.45) is 0 Å². The van der Waals surface area contributed by atoms with Crippen LogP contribution in [0.1, 0.15) is 124 Å². The summed E-state index contributed by atoms with van der Waals surface area (Å²) in [6.45, 7) is 25.2. The van der Waals surface area contributed by atoms with Crippen LogP contribution in [0.4, 0.5) is 24.0 Å². The fraction of sp³-hybridized carbons (Fsp3) is 0.886. The van der Waals surface area contributed by atoms with Gasteiger partial charge in [0.15, 0.2) is 12.6 Å². The maximum Gasteiger partial charge on any atom is 0.410 e. The standard InChI is InChI=1S/C44H79N5O18/c1-39(2,3)63-34(53)45-20-22-18-19-23(46-35(54)64-40(4,5)6)32(60-22)61-29-24(47-36(55)65-41(7,8)9)26(50)25(48-37(56)66-42(10,11)12)30(27(29)51)62-33-28(52)31(44(16,58)21-59-33)49(17)38(57)67-43(13,14)15/h22-33,50-52,58H,18-21H2,1-17H3,(H,45,53)(H,46,54)(H,47,55)(H,48,56)/t22-,23?,24-,25+,26?,27?,28?,29?,30-,31+,32+,33+,44-/m0/s1. The number of likely N-dealkylation sites (N-methyl/N-ethyl adjacent to an activating group) is 1. The molecule has 2 aliphatic heterocycles. The van der Waals surface area contributed by atoms with Crippen molar-refractivity contribution < 1.29 is 87.0 Å². The summed E-state index contributed by atoms with van der Waals surface area (Å²) < 4.78 is 52.3. The molecule has 5 unspecified atom stereocenters. The first kappa shape index (κ1) is 57.3. The molecule has 0 aromatic rings. The van der Waals surface area contributed by atoms with Crippen molar-refractivity contribution in [3.63, 3.8) is 0 Å². The number of amides is 5. The zero-order chi connectivity index (χ0) is 51.4. The normalized spacial score (nSPS) is 31.9. The van der Waals surface area contributed by atoms with Crippen LogP contribution in [0, 0.1) is 0 Å². The van der Waals surface area contributed by atoms with E-state index in [4.69, 9.17) is 42.6 Å². The first-order valence-corrected chi connectivity index (χ1v) is 22.5. The smallest absolute Gasteiger partial charge is 0.410 e. The van der Waals surface area contributed by atoms with Gasteiger partial charge in [0.1, 0.15) is 58.0 Å². The summed E-state index contributed by atoms with van der Waals surface area (Å²) in [6.07, 6.45) is -17.7. The van der Waals surface area contributed by atoms with E-state index in [1.165, 1.54) is 14.0 Å². The molecule has 1 saturated carbocycles. The predicted octanol–water partition coefficient (Wildman–Crippen LogP) is 2.91. The molecule has 0 aromatic carbocycles. The van der Waals surface area contributed by atoms with Crippen molar-refractivity contribution in [2.45, 2.75) is 231 Å². The molecule has 0 aromatic heterocycles. The van der Waals surface area contributed by atoms with Crippen LogP contribution in [0.25, 0.3) is 0 Å². The van der Waals surface area contributed by atoms with Crippen molar-refractivity contribution in [1.82, 2.24) is 26.2 Å². The number of nitrogens with one attached hydrogen (secondary N) is 4. The SMILES string of the molecule is CN(C(=O)OC(C)(C)C)[C@@H]1C(O)[C@@H](O[C@@H]2C(O)C(O[C@H]3O[C@H](CNC(=O)OC(C)(C)C)CCC3NC(=O)OC(C)(C)C)[C@@H](NC(=O)OC(C)(C)C)C(O)[C@H]2NC(=O)OC(C)(C)C)OC[C@]1(C)O. The van der Waals surface area contributed by atoms with Gasteiger partial charge in [-0.25, -0.2) is 24.0 Å². The first-order chi connectivity index (χ1) is 30.3. The van der Waals surface area contributed by atoms with Crippen molar-refractivity contribution in [3.05, 3.63) is 0 Å². The van der Waals surface area contributed by atoms with Crippen LogP contribution < -0.4 is 21.3 Å². The Morgan fingerprint density at radius 3 is 1.46 bits per heavy atom. The van der Waals surface area contributed by atoms with Gasteiger partial charge in [0, 0.05) is 13.6 Å². The van der Waals surface area contributed by atoms with E-state index in [1.54, 1.807) is 104 Å². The van der Waals surface area contributed by atoms with Gasteiger partial charge in [0.25, 0.3) is 0 Å².